The lowest BCUT2D eigenvalue weighted by Crippen LogP contribution is -2.39. The van der Waals surface area contributed by atoms with E-state index >= 15 is 0 Å². The van der Waals surface area contributed by atoms with Gasteiger partial charge < -0.3 is 9.64 Å². The first kappa shape index (κ1) is 14.1. The molecule has 0 N–H and O–H groups in total. The Labute approximate surface area is 131 Å². The lowest BCUT2D eigenvalue weighted by molar-refractivity contribution is -0.120. The van der Waals surface area contributed by atoms with Gasteiger partial charge in [-0.05, 0) is 18.6 Å². The van der Waals surface area contributed by atoms with Crippen molar-refractivity contribution in [3.05, 3.63) is 53.9 Å². The lowest BCUT2D eigenvalue weighted by Gasteiger charge is -2.29. The van der Waals surface area contributed by atoms with Crippen LogP contribution < -0.4 is 9.64 Å². The molecule has 4 nitrogen and oxygen atoms in total. The number of fused-ring (bicyclic) bond motifs is 1. The molecule has 23 heavy (non-hydrogen) atoms. The van der Waals surface area contributed by atoms with Crippen molar-refractivity contribution in [2.45, 2.75) is 12.3 Å². The third kappa shape index (κ3) is 2.34. The maximum atomic E-state index is 13.9. The predicted molar refractivity (Wildman–Crippen MR) is 79.3 cm³/mol. The van der Waals surface area contributed by atoms with Gasteiger partial charge in [0.2, 0.25) is 5.91 Å². The molecule has 1 fully saturated rings. The summed E-state index contributed by atoms with van der Waals surface area (Å²) in [6.07, 6.45) is 3.64. The Kier molecular flexibility index (Phi) is 3.25. The van der Waals surface area contributed by atoms with Crippen molar-refractivity contribution in [3.63, 3.8) is 0 Å². The van der Waals surface area contributed by atoms with Crippen LogP contribution in [0.3, 0.4) is 0 Å². The third-order valence-corrected chi connectivity index (χ3v) is 4.37. The molecule has 1 aliphatic heterocycles. The van der Waals surface area contributed by atoms with Crippen LogP contribution in [-0.4, -0.2) is 24.0 Å². The van der Waals surface area contributed by atoms with Gasteiger partial charge in [-0.3, -0.25) is 9.78 Å². The van der Waals surface area contributed by atoms with Gasteiger partial charge in [0.15, 0.2) is 0 Å². The molecule has 2 aromatic rings. The lowest BCUT2D eigenvalue weighted by atomic mass is 10.1. The molecule has 0 spiro atoms. The number of nitrogens with zero attached hydrogens (tertiary/aromatic N) is 2. The number of amides is 1. The summed E-state index contributed by atoms with van der Waals surface area (Å²) in [6, 6.07) is 5.49. The third-order valence-electron chi connectivity index (χ3n) is 4.37. The molecule has 0 unspecified atom stereocenters. The monoisotopic (exact) mass is 316 g/mol. The Balaban J connectivity index is 1.59. The maximum absolute atomic E-state index is 13.9. The van der Waals surface area contributed by atoms with E-state index < -0.39 is 23.5 Å². The summed E-state index contributed by atoms with van der Waals surface area (Å²) in [4.78, 5) is 18.4. The fraction of sp³-hybridized carbons (Fsp3) is 0.294. The van der Waals surface area contributed by atoms with Crippen molar-refractivity contribution in [1.82, 2.24) is 4.98 Å². The van der Waals surface area contributed by atoms with Gasteiger partial charge in [0.25, 0.3) is 0 Å². The van der Waals surface area contributed by atoms with Crippen molar-refractivity contribution in [3.8, 4) is 5.75 Å². The molecular weight excluding hydrogens is 302 g/mol. The Morgan fingerprint density at radius 2 is 2.04 bits per heavy atom. The summed E-state index contributed by atoms with van der Waals surface area (Å²) < 4.78 is 33.2. The van der Waals surface area contributed by atoms with E-state index in [9.17, 15) is 13.6 Å². The van der Waals surface area contributed by atoms with Crippen LogP contribution in [0.2, 0.25) is 0 Å². The highest BCUT2D eigenvalue weighted by atomic mass is 19.1. The number of carbonyl (C=O) groups is 1. The van der Waals surface area contributed by atoms with Crippen LogP contribution in [0.25, 0.3) is 0 Å². The molecule has 1 amide bonds. The van der Waals surface area contributed by atoms with E-state index in [-0.39, 0.29) is 11.5 Å². The zero-order chi connectivity index (χ0) is 16.0. The van der Waals surface area contributed by atoms with E-state index in [2.05, 4.69) is 4.98 Å². The van der Waals surface area contributed by atoms with Crippen LogP contribution in [0, 0.1) is 17.6 Å². The van der Waals surface area contributed by atoms with Gasteiger partial charge in [-0.15, -0.1) is 0 Å². The molecule has 0 radical (unpaired) electrons. The van der Waals surface area contributed by atoms with E-state index in [4.69, 9.17) is 4.74 Å². The summed E-state index contributed by atoms with van der Waals surface area (Å²) in [5.74, 6) is -1.49. The Morgan fingerprint density at radius 1 is 1.26 bits per heavy atom. The van der Waals surface area contributed by atoms with Crippen LogP contribution in [0.15, 0.2) is 36.7 Å². The fourth-order valence-corrected chi connectivity index (χ4v) is 3.15. The van der Waals surface area contributed by atoms with Crippen LogP contribution in [0.4, 0.5) is 14.5 Å². The highest BCUT2D eigenvalue weighted by Crippen LogP contribution is 2.51. The minimum Gasteiger partial charge on any atom is -0.489 e. The second-order valence-corrected chi connectivity index (χ2v) is 5.77. The Morgan fingerprint density at radius 3 is 2.83 bits per heavy atom. The van der Waals surface area contributed by atoms with Crippen molar-refractivity contribution >= 4 is 11.6 Å². The first-order chi connectivity index (χ1) is 11.2. The van der Waals surface area contributed by atoms with Crippen LogP contribution in [-0.2, 0) is 4.79 Å². The standard InChI is InChI=1S/C17H14F2N2O2/c18-12-2-1-3-13(19)16(12)10-8-11(10)17(22)21-6-7-23-15-4-5-20-9-14(15)21/h1-5,9-11H,6-8H2/t10-,11+/m0/s1. The smallest absolute Gasteiger partial charge is 0.231 e. The number of aromatic nitrogens is 1. The van der Waals surface area contributed by atoms with Gasteiger partial charge in [-0.2, -0.15) is 0 Å². The molecule has 1 aliphatic carbocycles. The normalized spacial score (nSPS) is 22.3. The van der Waals surface area contributed by atoms with E-state index in [0.29, 0.717) is 31.0 Å². The van der Waals surface area contributed by atoms with Gasteiger partial charge in [0.1, 0.15) is 29.7 Å². The number of halogens is 2. The average molecular weight is 316 g/mol. The molecule has 1 aromatic heterocycles. The Bertz CT molecular complexity index is 761. The molecule has 118 valence electrons. The van der Waals surface area contributed by atoms with Crippen LogP contribution in [0.1, 0.15) is 17.9 Å². The zero-order valence-corrected chi connectivity index (χ0v) is 12.2. The van der Waals surface area contributed by atoms with E-state index in [0.717, 1.165) is 0 Å². The number of carbonyl (C=O) groups excluding carboxylic acids is 1. The molecule has 2 atom stereocenters. The minimum atomic E-state index is -0.589. The van der Waals surface area contributed by atoms with Gasteiger partial charge in [-0.1, -0.05) is 6.07 Å². The van der Waals surface area contributed by atoms with E-state index in [1.807, 2.05) is 0 Å². The topological polar surface area (TPSA) is 42.4 Å². The second kappa shape index (κ2) is 5.30. The summed E-state index contributed by atoms with van der Waals surface area (Å²) in [7, 11) is 0. The number of hydrogen-bond donors (Lipinski definition) is 0. The summed E-state index contributed by atoms with van der Waals surface area (Å²) in [6.45, 7) is 0.814. The first-order valence-corrected chi connectivity index (χ1v) is 7.49. The van der Waals surface area contributed by atoms with E-state index in [1.54, 1.807) is 23.4 Å². The number of ether oxygens (including phenoxy) is 1. The first-order valence-electron chi connectivity index (χ1n) is 7.49. The molecule has 0 saturated heterocycles. The number of hydrogen-bond acceptors (Lipinski definition) is 3. The molecule has 2 heterocycles. The highest BCUT2D eigenvalue weighted by Gasteiger charge is 2.49. The van der Waals surface area contributed by atoms with Crippen LogP contribution in [0.5, 0.6) is 5.75 Å². The molecule has 2 aliphatic rings. The molecular formula is C17H14F2N2O2. The quantitative estimate of drug-likeness (QED) is 0.855. The van der Waals surface area contributed by atoms with Gasteiger partial charge in [0.05, 0.1) is 12.7 Å². The Hall–Kier alpha value is -2.50. The number of benzene rings is 1. The summed E-state index contributed by atoms with van der Waals surface area (Å²) >= 11 is 0. The van der Waals surface area contributed by atoms with Crippen molar-refractivity contribution in [2.75, 3.05) is 18.1 Å². The van der Waals surface area contributed by atoms with Crippen molar-refractivity contribution < 1.29 is 18.3 Å². The SMILES string of the molecule is O=C([C@@H]1C[C@@H]1c1c(F)cccc1F)N1CCOc2ccncc21. The minimum absolute atomic E-state index is 0.0190. The van der Waals surface area contributed by atoms with Gasteiger partial charge in [-0.25, -0.2) is 8.78 Å². The molecule has 0 bridgehead atoms. The fourth-order valence-electron chi connectivity index (χ4n) is 3.15. The molecule has 1 saturated carbocycles. The molecule has 6 heteroatoms. The average Bonchev–Trinajstić information content (AvgIpc) is 3.34. The van der Waals surface area contributed by atoms with Crippen molar-refractivity contribution in [2.24, 2.45) is 5.92 Å². The molecule has 4 rings (SSSR count). The van der Waals surface area contributed by atoms with Gasteiger partial charge >= 0.3 is 0 Å². The summed E-state index contributed by atoms with van der Waals surface area (Å²) in [5.41, 5.74) is 0.633. The number of rotatable bonds is 2. The highest BCUT2D eigenvalue weighted by molar-refractivity contribution is 5.98. The zero-order valence-electron chi connectivity index (χ0n) is 12.2. The summed E-state index contributed by atoms with van der Waals surface area (Å²) in [5, 5.41) is 0. The predicted octanol–water partition coefficient (Wildman–Crippen LogP) is 2.89. The second-order valence-electron chi connectivity index (χ2n) is 5.77. The van der Waals surface area contributed by atoms with Crippen molar-refractivity contribution in [1.29, 1.82) is 0 Å². The number of anilines is 1. The van der Waals surface area contributed by atoms with Crippen LogP contribution >= 0.6 is 0 Å². The molecule has 1 aromatic carbocycles. The maximum Gasteiger partial charge on any atom is 0.231 e. The van der Waals surface area contributed by atoms with Gasteiger partial charge in [0, 0.05) is 29.7 Å². The number of pyridine rings is 1. The van der Waals surface area contributed by atoms with E-state index in [1.165, 1.54) is 18.2 Å². The largest absolute Gasteiger partial charge is 0.489 e.